The van der Waals surface area contributed by atoms with Crippen molar-refractivity contribution in [2.24, 2.45) is 0 Å². The van der Waals surface area contributed by atoms with Crippen LogP contribution in [0.25, 0.3) is 0 Å². The number of unbranched alkanes of at least 4 members (excludes halogenated alkanes) is 2. The summed E-state index contributed by atoms with van der Waals surface area (Å²) < 4.78 is 9.90. The molecule has 0 bridgehead atoms. The van der Waals surface area contributed by atoms with Gasteiger partial charge in [0.15, 0.2) is 0 Å². The average molecular weight is 303 g/mol. The molecule has 0 rings (SSSR count). The molecule has 0 aromatic rings. The van der Waals surface area contributed by atoms with Crippen molar-refractivity contribution < 1.29 is 29.0 Å². The summed E-state index contributed by atoms with van der Waals surface area (Å²) in [6, 6.07) is 0. The fourth-order valence-corrected chi connectivity index (χ4v) is 1.48. The van der Waals surface area contributed by atoms with Crippen molar-refractivity contribution in [3.63, 3.8) is 0 Å². The number of nitrogens with zero attached hydrogens (tertiary/aromatic N) is 1. The van der Waals surface area contributed by atoms with Crippen LogP contribution < -0.4 is 0 Å². The van der Waals surface area contributed by atoms with Crippen molar-refractivity contribution in [2.75, 3.05) is 32.8 Å². The molecule has 7 heteroatoms. The minimum atomic E-state index is -1.11. The lowest BCUT2D eigenvalue weighted by Crippen LogP contribution is -2.39. The maximum Gasteiger partial charge on any atom is 0.320 e. The van der Waals surface area contributed by atoms with Crippen molar-refractivity contribution in [1.29, 1.82) is 0 Å². The summed E-state index contributed by atoms with van der Waals surface area (Å²) in [5, 5.41) is 8.79. The molecule has 0 radical (unpaired) electrons. The van der Waals surface area contributed by atoms with Crippen LogP contribution in [-0.4, -0.2) is 60.8 Å². The fourth-order valence-electron chi connectivity index (χ4n) is 1.48. The number of ether oxygens (including phenoxy) is 2. The van der Waals surface area contributed by atoms with Gasteiger partial charge in [0.1, 0.15) is 0 Å². The van der Waals surface area contributed by atoms with Gasteiger partial charge in [-0.3, -0.25) is 19.3 Å². The largest absolute Gasteiger partial charge is 0.480 e. The lowest BCUT2D eigenvalue weighted by atomic mass is 10.3. The second-order valence-electron chi connectivity index (χ2n) is 4.69. The molecule has 0 amide bonds. The minimum Gasteiger partial charge on any atom is -0.480 e. The predicted octanol–water partition coefficient (Wildman–Crippen LogP) is 1.06. The zero-order chi connectivity index (χ0) is 16.1. The van der Waals surface area contributed by atoms with Crippen LogP contribution in [0.15, 0.2) is 0 Å². The Bertz CT molecular complexity index is 307. The van der Waals surface area contributed by atoms with Crippen LogP contribution in [0.1, 0.15) is 39.5 Å². The molecule has 0 saturated heterocycles. The maximum atomic E-state index is 11.5. The first kappa shape index (κ1) is 19.4. The highest BCUT2D eigenvalue weighted by atomic mass is 16.5. The molecule has 0 fully saturated rings. The number of hydrogen-bond donors (Lipinski definition) is 1. The van der Waals surface area contributed by atoms with Gasteiger partial charge >= 0.3 is 17.9 Å². The standard InChI is InChI=1S/C14H25NO6/c1-3-5-7-20-13(18)10-15(9-12(16)17)11-14(19)21-8-6-4-2/h3-11H2,1-2H3,(H,16,17). The van der Waals surface area contributed by atoms with Crippen LogP contribution in [0.4, 0.5) is 0 Å². The smallest absolute Gasteiger partial charge is 0.320 e. The topological polar surface area (TPSA) is 93.1 Å². The Labute approximate surface area is 125 Å². The number of esters is 2. The molecule has 0 aromatic heterocycles. The van der Waals surface area contributed by atoms with Crippen molar-refractivity contribution in [3.8, 4) is 0 Å². The molecular weight excluding hydrogens is 278 g/mol. The van der Waals surface area contributed by atoms with Gasteiger partial charge < -0.3 is 14.6 Å². The number of carbonyl (C=O) groups is 3. The number of hydrogen-bond acceptors (Lipinski definition) is 6. The summed E-state index contributed by atoms with van der Waals surface area (Å²) in [6.45, 7) is 3.66. The third kappa shape index (κ3) is 11.9. The van der Waals surface area contributed by atoms with E-state index in [1.165, 1.54) is 4.90 Å². The molecule has 0 saturated carbocycles. The first-order valence-electron chi connectivity index (χ1n) is 7.25. The van der Waals surface area contributed by atoms with Gasteiger partial charge in [-0.05, 0) is 12.8 Å². The highest BCUT2D eigenvalue weighted by Gasteiger charge is 2.18. The van der Waals surface area contributed by atoms with Crippen LogP contribution in [0, 0.1) is 0 Å². The second-order valence-corrected chi connectivity index (χ2v) is 4.69. The minimum absolute atomic E-state index is 0.237. The van der Waals surface area contributed by atoms with E-state index in [0.29, 0.717) is 13.2 Å². The normalized spacial score (nSPS) is 10.4. The van der Waals surface area contributed by atoms with Crippen LogP contribution in [0.5, 0.6) is 0 Å². The molecule has 0 unspecified atom stereocenters. The van der Waals surface area contributed by atoms with Gasteiger partial charge in [-0.15, -0.1) is 0 Å². The quantitative estimate of drug-likeness (QED) is 0.425. The molecule has 0 aliphatic rings. The van der Waals surface area contributed by atoms with Crippen LogP contribution in [-0.2, 0) is 23.9 Å². The van der Waals surface area contributed by atoms with Crippen molar-refractivity contribution >= 4 is 17.9 Å². The molecule has 0 aliphatic heterocycles. The van der Waals surface area contributed by atoms with Crippen LogP contribution in [0.3, 0.4) is 0 Å². The van der Waals surface area contributed by atoms with E-state index in [9.17, 15) is 14.4 Å². The Morgan fingerprint density at radius 3 is 1.62 bits per heavy atom. The summed E-state index contributed by atoms with van der Waals surface area (Å²) in [6.07, 6.45) is 3.30. The van der Waals surface area contributed by atoms with Gasteiger partial charge in [0.2, 0.25) is 0 Å². The molecule has 0 heterocycles. The average Bonchev–Trinajstić information content (AvgIpc) is 2.38. The molecule has 7 nitrogen and oxygen atoms in total. The lowest BCUT2D eigenvalue weighted by Gasteiger charge is -2.18. The van der Waals surface area contributed by atoms with Crippen molar-refractivity contribution in [3.05, 3.63) is 0 Å². The van der Waals surface area contributed by atoms with Gasteiger partial charge in [0, 0.05) is 0 Å². The number of rotatable bonds is 12. The zero-order valence-corrected chi connectivity index (χ0v) is 12.8. The molecule has 0 aliphatic carbocycles. The summed E-state index contributed by atoms with van der Waals surface area (Å²) >= 11 is 0. The summed E-state index contributed by atoms with van der Waals surface area (Å²) in [4.78, 5) is 35.0. The fraction of sp³-hybridized carbons (Fsp3) is 0.786. The van der Waals surface area contributed by atoms with Crippen LogP contribution >= 0.6 is 0 Å². The van der Waals surface area contributed by atoms with E-state index in [2.05, 4.69) is 0 Å². The number of carboxylic acid groups (broad SMARTS) is 1. The Kier molecular flexibility index (Phi) is 11.2. The number of aliphatic carboxylic acids is 1. The van der Waals surface area contributed by atoms with Crippen molar-refractivity contribution in [2.45, 2.75) is 39.5 Å². The summed E-state index contributed by atoms with van der Waals surface area (Å²) in [7, 11) is 0. The Morgan fingerprint density at radius 1 is 0.857 bits per heavy atom. The van der Waals surface area contributed by atoms with E-state index in [0.717, 1.165) is 25.7 Å². The SMILES string of the molecule is CCCCOC(=O)CN(CC(=O)O)CC(=O)OCCCC. The highest BCUT2D eigenvalue weighted by Crippen LogP contribution is 1.96. The van der Waals surface area contributed by atoms with E-state index in [1.807, 2.05) is 13.8 Å². The molecule has 0 spiro atoms. The second kappa shape index (κ2) is 12.1. The monoisotopic (exact) mass is 303 g/mol. The van der Waals surface area contributed by atoms with E-state index >= 15 is 0 Å². The molecule has 0 atom stereocenters. The lowest BCUT2D eigenvalue weighted by molar-refractivity contribution is -0.150. The molecule has 1 N–H and O–H groups in total. The van der Waals surface area contributed by atoms with Gasteiger partial charge in [0.25, 0.3) is 0 Å². The van der Waals surface area contributed by atoms with Gasteiger partial charge in [-0.25, -0.2) is 0 Å². The number of carboxylic acids is 1. The van der Waals surface area contributed by atoms with E-state index in [4.69, 9.17) is 14.6 Å². The van der Waals surface area contributed by atoms with E-state index in [1.54, 1.807) is 0 Å². The maximum absolute atomic E-state index is 11.5. The predicted molar refractivity (Wildman–Crippen MR) is 75.8 cm³/mol. The van der Waals surface area contributed by atoms with Crippen LogP contribution in [0.2, 0.25) is 0 Å². The van der Waals surface area contributed by atoms with E-state index in [-0.39, 0.29) is 13.1 Å². The Balaban J connectivity index is 4.21. The first-order valence-corrected chi connectivity index (χ1v) is 7.25. The summed E-state index contributed by atoms with van der Waals surface area (Å²) in [5.41, 5.74) is 0. The summed E-state index contributed by atoms with van der Waals surface area (Å²) in [5.74, 6) is -2.19. The molecular formula is C14H25NO6. The van der Waals surface area contributed by atoms with Gasteiger partial charge in [0.05, 0.1) is 32.8 Å². The Morgan fingerprint density at radius 2 is 1.29 bits per heavy atom. The Hall–Kier alpha value is -1.63. The third-order valence-electron chi connectivity index (χ3n) is 2.59. The molecule has 21 heavy (non-hydrogen) atoms. The highest BCUT2D eigenvalue weighted by molar-refractivity contribution is 5.77. The van der Waals surface area contributed by atoms with E-state index < -0.39 is 24.5 Å². The first-order chi connectivity index (χ1) is 9.99. The zero-order valence-electron chi connectivity index (χ0n) is 12.8. The van der Waals surface area contributed by atoms with Gasteiger partial charge in [-0.2, -0.15) is 0 Å². The third-order valence-corrected chi connectivity index (χ3v) is 2.59. The molecule has 0 aromatic carbocycles. The molecule has 122 valence electrons. The number of carbonyl (C=O) groups excluding carboxylic acids is 2. The van der Waals surface area contributed by atoms with Crippen molar-refractivity contribution in [1.82, 2.24) is 4.90 Å². The van der Waals surface area contributed by atoms with Gasteiger partial charge in [-0.1, -0.05) is 26.7 Å².